The fraction of sp³-hybridized carbons (Fsp3) is 0.133. The van der Waals surface area contributed by atoms with Crippen molar-refractivity contribution in [3.63, 3.8) is 0 Å². The van der Waals surface area contributed by atoms with Crippen LogP contribution in [0.15, 0.2) is 127 Å². The molecule has 5 nitrogen and oxygen atoms in total. The van der Waals surface area contributed by atoms with E-state index < -0.39 is 0 Å². The van der Waals surface area contributed by atoms with E-state index in [2.05, 4.69) is 102 Å². The first kappa shape index (κ1) is 37.9. The summed E-state index contributed by atoms with van der Waals surface area (Å²) in [7, 11) is 0. The topological polar surface area (TPSA) is 60.4 Å². The smallest absolute Gasteiger partial charge is 0.383 e. The van der Waals surface area contributed by atoms with Crippen LogP contribution in [0.1, 0.15) is 16.7 Å². The van der Waals surface area contributed by atoms with Crippen LogP contribution in [0.2, 0.25) is 0 Å². The van der Waals surface area contributed by atoms with Crippen molar-refractivity contribution in [1.82, 2.24) is 15.0 Å². The molecule has 1 unspecified atom stereocenters. The molecule has 0 bridgehead atoms. The molecule has 0 saturated carbocycles. The third kappa shape index (κ3) is 9.61. The Labute approximate surface area is 340 Å². The predicted octanol–water partition coefficient (Wildman–Crippen LogP) is 11.8. The van der Waals surface area contributed by atoms with Gasteiger partial charge in [0.2, 0.25) is 0 Å². The Bertz CT molecular complexity index is 2360. The summed E-state index contributed by atoms with van der Waals surface area (Å²) in [6, 6.07) is 52.9. The van der Waals surface area contributed by atoms with Gasteiger partial charge in [-0.1, -0.05) is 50.2 Å². The molecule has 1 saturated heterocycles. The van der Waals surface area contributed by atoms with Gasteiger partial charge in [0.25, 0.3) is 0 Å². The largest absolute Gasteiger partial charge is 3.00 e. The van der Waals surface area contributed by atoms with Gasteiger partial charge in [-0.3, -0.25) is 15.0 Å². The van der Waals surface area contributed by atoms with Crippen LogP contribution in [0.5, 0.6) is 0 Å². The molecule has 0 radical (unpaired) electrons. The average molecular weight is 937 g/mol. The van der Waals surface area contributed by atoms with Gasteiger partial charge in [-0.25, -0.2) is 0 Å². The molecule has 0 spiro atoms. The third-order valence-electron chi connectivity index (χ3n) is 8.36. The van der Waals surface area contributed by atoms with Gasteiger partial charge >= 0.3 is 20.1 Å². The molecule has 10 rings (SSSR count). The summed E-state index contributed by atoms with van der Waals surface area (Å²) in [6.07, 6.45) is 0.316. The van der Waals surface area contributed by atoms with Crippen LogP contribution in [0, 0.1) is 32.0 Å². The Morgan fingerprint density at radius 3 is 1.33 bits per heavy atom. The maximum absolute atomic E-state index is 5.58. The monoisotopic (exact) mass is 937 g/mol. The zero-order valence-corrected chi connectivity index (χ0v) is 34.4. The zero-order chi connectivity index (χ0) is 36.0. The van der Waals surface area contributed by atoms with Crippen LogP contribution in [0.3, 0.4) is 0 Å². The molecule has 1 aliphatic rings. The van der Waals surface area contributed by atoms with Gasteiger partial charge in [-0.15, -0.1) is 106 Å². The van der Waals surface area contributed by atoms with Crippen molar-refractivity contribution in [2.75, 3.05) is 13.2 Å². The predicted molar refractivity (Wildman–Crippen MR) is 221 cm³/mol. The molecule has 1 atom stereocenters. The molecule has 9 heteroatoms. The first-order valence-electron chi connectivity index (χ1n) is 17.3. The van der Waals surface area contributed by atoms with Gasteiger partial charge in [0, 0.05) is 35.7 Å². The number of aromatic nitrogens is 3. The van der Waals surface area contributed by atoms with Crippen molar-refractivity contribution in [2.24, 2.45) is 0 Å². The minimum absolute atomic E-state index is 0. The number of hydrogen-bond donors (Lipinski definition) is 0. The molecule has 3 aromatic heterocycles. The van der Waals surface area contributed by atoms with Crippen LogP contribution in [-0.2, 0) is 36.2 Å². The Kier molecular flexibility index (Phi) is 12.5. The standard InChI is InChI=1S/C17H14NO2S.2C14H10NS.Ir/c1-2-4-16-15(3-1)18-17(21-16)13-7-5-12(6-8-13)9-19-10-14-11-20-14;2*1-10-6-8-11(9-7-10)14-15-12-4-2-3-5-13(12)16-14;/h1-7,14H,9-11H2;2*2-8H,1H3;/q3*-1;+3. The first-order valence-corrected chi connectivity index (χ1v) is 19.7. The molecule has 0 aliphatic carbocycles. The van der Waals surface area contributed by atoms with Crippen LogP contribution in [0.25, 0.3) is 62.4 Å². The van der Waals surface area contributed by atoms with E-state index >= 15 is 0 Å². The summed E-state index contributed by atoms with van der Waals surface area (Å²) >= 11 is 5.12. The molecule has 0 amide bonds. The van der Waals surface area contributed by atoms with Gasteiger partial charge in [-0.05, 0) is 36.4 Å². The summed E-state index contributed by atoms with van der Waals surface area (Å²) in [5.41, 5.74) is 9.94. The Morgan fingerprint density at radius 1 is 0.574 bits per heavy atom. The number of hydrogen-bond acceptors (Lipinski definition) is 8. The Morgan fingerprint density at radius 2 is 0.981 bits per heavy atom. The number of thiazole rings is 3. The molecule has 1 aliphatic heterocycles. The molecule has 1 fully saturated rings. The second-order valence-corrected chi connectivity index (χ2v) is 15.7. The van der Waals surface area contributed by atoms with Crippen molar-refractivity contribution in [3.8, 4) is 31.7 Å². The van der Waals surface area contributed by atoms with Gasteiger partial charge < -0.3 is 9.47 Å². The number of fused-ring (bicyclic) bond motifs is 3. The van der Waals surface area contributed by atoms with Crippen molar-refractivity contribution in [3.05, 3.63) is 162 Å². The van der Waals surface area contributed by atoms with E-state index in [4.69, 9.17) is 9.47 Å². The number of ether oxygens (including phenoxy) is 2. The molecular weight excluding hydrogens is 903 g/mol. The summed E-state index contributed by atoms with van der Waals surface area (Å²) in [4.78, 5) is 13.8. The van der Waals surface area contributed by atoms with E-state index in [1.807, 2.05) is 72.8 Å². The molecule has 6 aromatic carbocycles. The average Bonchev–Trinajstić information content (AvgIpc) is 3.55. The van der Waals surface area contributed by atoms with Gasteiger partial charge in [0.05, 0.1) is 29.8 Å². The number of nitrogens with zero attached hydrogens (tertiary/aromatic N) is 3. The summed E-state index contributed by atoms with van der Waals surface area (Å²) < 4.78 is 14.4. The Hall–Kier alpha value is -4.44. The van der Waals surface area contributed by atoms with E-state index in [-0.39, 0.29) is 20.1 Å². The maximum Gasteiger partial charge on any atom is 3.00 e. The van der Waals surface area contributed by atoms with Crippen LogP contribution in [0.4, 0.5) is 0 Å². The third-order valence-corrected chi connectivity index (χ3v) is 11.6. The second kappa shape index (κ2) is 17.8. The molecular formula is C45H34IrN3O2S3. The minimum atomic E-state index is 0. The first-order chi connectivity index (χ1) is 26.0. The molecule has 268 valence electrons. The van der Waals surface area contributed by atoms with Gasteiger partial charge in [0.1, 0.15) is 6.10 Å². The quantitative estimate of drug-likeness (QED) is 0.118. The van der Waals surface area contributed by atoms with Crippen LogP contribution >= 0.6 is 34.0 Å². The molecule has 54 heavy (non-hydrogen) atoms. The fourth-order valence-electron chi connectivity index (χ4n) is 5.39. The minimum Gasteiger partial charge on any atom is -0.383 e. The van der Waals surface area contributed by atoms with Crippen molar-refractivity contribution in [2.45, 2.75) is 26.6 Å². The van der Waals surface area contributed by atoms with Gasteiger partial charge in [-0.2, -0.15) is 34.0 Å². The molecule has 0 N–H and O–H groups in total. The van der Waals surface area contributed by atoms with Crippen molar-refractivity contribution >= 4 is 64.7 Å². The summed E-state index contributed by atoms with van der Waals surface area (Å²) in [5, 5.41) is 3.09. The van der Waals surface area contributed by atoms with Crippen molar-refractivity contribution < 1.29 is 29.6 Å². The number of benzene rings is 6. The van der Waals surface area contributed by atoms with Crippen LogP contribution < -0.4 is 0 Å². The molecule has 4 heterocycles. The van der Waals surface area contributed by atoms with Crippen molar-refractivity contribution in [1.29, 1.82) is 0 Å². The summed E-state index contributed by atoms with van der Waals surface area (Å²) in [6.45, 7) is 6.26. The number of aryl methyl sites for hydroxylation is 2. The zero-order valence-electron chi connectivity index (χ0n) is 29.5. The maximum atomic E-state index is 5.58. The Balaban J connectivity index is 0.000000126. The molecule has 9 aromatic rings. The van der Waals surface area contributed by atoms with E-state index in [0.29, 0.717) is 19.3 Å². The van der Waals surface area contributed by atoms with Crippen LogP contribution in [-0.4, -0.2) is 34.3 Å². The number of para-hydroxylation sites is 3. The number of rotatable bonds is 7. The summed E-state index contributed by atoms with van der Waals surface area (Å²) in [5.74, 6) is 0. The second-order valence-electron chi connectivity index (χ2n) is 12.6. The SMILES string of the molecule is Cc1c[c-]c(-c2nc3ccccc3s2)cc1.Cc1c[c-]c(-c2nc3ccccc3s2)cc1.[Ir+3].[c-]1cc(COCC2CO2)ccc1-c1nc2ccccc2s1. The van der Waals surface area contributed by atoms with E-state index in [1.165, 1.54) is 25.2 Å². The van der Waals surface area contributed by atoms with Gasteiger partial charge in [0.15, 0.2) is 0 Å². The van der Waals surface area contributed by atoms with E-state index in [9.17, 15) is 0 Å². The fourth-order valence-corrected chi connectivity index (χ4v) is 8.25. The normalized spacial score (nSPS) is 13.1. The van der Waals surface area contributed by atoms with E-state index in [0.717, 1.165) is 60.4 Å². The number of epoxide rings is 1. The van der Waals surface area contributed by atoms with E-state index in [1.54, 1.807) is 34.0 Å².